The van der Waals surface area contributed by atoms with Gasteiger partial charge in [-0.3, -0.25) is 4.79 Å². The van der Waals surface area contributed by atoms with Gasteiger partial charge in [-0.05, 0) is 18.6 Å². The van der Waals surface area contributed by atoms with Gasteiger partial charge in [-0.2, -0.15) is 5.10 Å². The number of rotatable bonds is 2. The number of nitrogens with one attached hydrogen (secondary N) is 1. The quantitative estimate of drug-likeness (QED) is 0.843. The SMILES string of the molecule is CCC1CC(=O)NN=C1c1ccc2c(c1)N=C[N]2. The second-order valence-corrected chi connectivity index (χ2v) is 4.42. The molecule has 0 bridgehead atoms. The van der Waals surface area contributed by atoms with Crippen molar-refractivity contribution >= 4 is 29.3 Å². The summed E-state index contributed by atoms with van der Waals surface area (Å²) in [5, 5.41) is 8.33. The van der Waals surface area contributed by atoms with Crippen molar-refractivity contribution < 1.29 is 4.79 Å². The molecule has 1 radical (unpaired) electrons. The smallest absolute Gasteiger partial charge is 0.240 e. The molecule has 0 spiro atoms. The Labute approximate surface area is 105 Å². The van der Waals surface area contributed by atoms with E-state index in [1.807, 2.05) is 18.2 Å². The molecule has 2 aliphatic rings. The lowest BCUT2D eigenvalue weighted by Crippen LogP contribution is -2.33. The van der Waals surface area contributed by atoms with Crippen molar-refractivity contribution in [2.24, 2.45) is 16.0 Å². The Kier molecular flexibility index (Phi) is 2.59. The number of fused-ring (bicyclic) bond motifs is 1. The highest BCUT2D eigenvalue weighted by atomic mass is 16.2. The third kappa shape index (κ3) is 1.77. The van der Waals surface area contributed by atoms with Gasteiger partial charge in [-0.15, -0.1) is 0 Å². The minimum absolute atomic E-state index is 0.0141. The molecule has 1 atom stereocenters. The van der Waals surface area contributed by atoms with Crippen LogP contribution in [0.4, 0.5) is 11.4 Å². The molecule has 2 aliphatic heterocycles. The second-order valence-electron chi connectivity index (χ2n) is 4.42. The Bertz CT molecular complexity index is 562. The minimum atomic E-state index is -0.0141. The first-order valence-corrected chi connectivity index (χ1v) is 6.02. The molecule has 0 aromatic heterocycles. The van der Waals surface area contributed by atoms with Gasteiger partial charge in [0.05, 0.1) is 17.1 Å². The van der Waals surface area contributed by atoms with Gasteiger partial charge in [0, 0.05) is 17.9 Å². The molecule has 1 aromatic carbocycles. The van der Waals surface area contributed by atoms with Crippen molar-refractivity contribution in [3.05, 3.63) is 23.8 Å². The van der Waals surface area contributed by atoms with E-state index in [1.54, 1.807) is 6.34 Å². The lowest BCUT2D eigenvalue weighted by molar-refractivity contribution is -0.122. The lowest BCUT2D eigenvalue weighted by atomic mass is 9.90. The second kappa shape index (κ2) is 4.25. The molecule has 1 amide bonds. The number of nitrogens with zero attached hydrogens (tertiary/aromatic N) is 3. The molecule has 3 rings (SSSR count). The van der Waals surface area contributed by atoms with E-state index in [9.17, 15) is 4.79 Å². The van der Waals surface area contributed by atoms with E-state index in [4.69, 9.17) is 0 Å². The van der Waals surface area contributed by atoms with Crippen molar-refractivity contribution in [2.75, 3.05) is 0 Å². The zero-order valence-corrected chi connectivity index (χ0v) is 10.1. The van der Waals surface area contributed by atoms with Gasteiger partial charge in [-0.25, -0.2) is 15.7 Å². The van der Waals surface area contributed by atoms with Crippen LogP contribution >= 0.6 is 0 Å². The minimum Gasteiger partial charge on any atom is -0.273 e. The molecule has 0 saturated heterocycles. The molecule has 5 nitrogen and oxygen atoms in total. The van der Waals surface area contributed by atoms with Gasteiger partial charge >= 0.3 is 0 Å². The number of hydrogen-bond acceptors (Lipinski definition) is 3. The van der Waals surface area contributed by atoms with E-state index in [0.29, 0.717) is 6.42 Å². The zero-order valence-electron chi connectivity index (χ0n) is 10.1. The van der Waals surface area contributed by atoms with Crippen LogP contribution in [0, 0.1) is 5.92 Å². The van der Waals surface area contributed by atoms with E-state index >= 15 is 0 Å². The van der Waals surface area contributed by atoms with Gasteiger partial charge in [0.1, 0.15) is 6.34 Å². The van der Waals surface area contributed by atoms with Crippen molar-refractivity contribution in [3.8, 4) is 0 Å². The Balaban J connectivity index is 1.98. The normalized spacial score (nSPS) is 21.1. The summed E-state index contributed by atoms with van der Waals surface area (Å²) in [7, 11) is 0. The molecular formula is C13H13N4O. The van der Waals surface area contributed by atoms with Crippen LogP contribution in [0.5, 0.6) is 0 Å². The maximum atomic E-state index is 11.3. The van der Waals surface area contributed by atoms with Crippen molar-refractivity contribution in [1.29, 1.82) is 0 Å². The van der Waals surface area contributed by atoms with Crippen LogP contribution in [0.2, 0.25) is 0 Å². The van der Waals surface area contributed by atoms with Crippen LogP contribution in [0.3, 0.4) is 0 Å². The van der Waals surface area contributed by atoms with Crippen LogP contribution in [0.15, 0.2) is 28.3 Å². The Morgan fingerprint density at radius 1 is 1.39 bits per heavy atom. The standard InChI is InChI=1S/C13H13N4O/c1-2-8-6-12(18)16-17-13(8)9-3-4-10-11(5-9)15-7-14-10/h3-5,7-8H,2,6H2,1H3,(H,16,18). The molecule has 1 unspecified atom stereocenters. The topological polar surface area (TPSA) is 67.9 Å². The Hall–Kier alpha value is -2.17. The van der Waals surface area contributed by atoms with Crippen LogP contribution in [-0.4, -0.2) is 18.0 Å². The fraction of sp³-hybridized carbons (Fsp3) is 0.308. The molecular weight excluding hydrogens is 228 g/mol. The first-order valence-electron chi connectivity index (χ1n) is 6.02. The maximum absolute atomic E-state index is 11.3. The number of carbonyl (C=O) groups is 1. The van der Waals surface area contributed by atoms with Crippen LogP contribution in [0.1, 0.15) is 25.3 Å². The molecule has 1 aromatic rings. The summed E-state index contributed by atoms with van der Waals surface area (Å²) in [4.78, 5) is 15.5. The van der Waals surface area contributed by atoms with E-state index < -0.39 is 0 Å². The van der Waals surface area contributed by atoms with E-state index in [0.717, 1.165) is 29.1 Å². The van der Waals surface area contributed by atoms with Crippen LogP contribution in [-0.2, 0) is 4.79 Å². The number of carbonyl (C=O) groups excluding carboxylic acids is 1. The highest BCUT2D eigenvalue weighted by Crippen LogP contribution is 2.31. The first-order chi connectivity index (χ1) is 8.78. The van der Waals surface area contributed by atoms with E-state index in [2.05, 4.69) is 27.8 Å². The molecule has 2 heterocycles. The highest BCUT2D eigenvalue weighted by Gasteiger charge is 2.24. The molecule has 0 fully saturated rings. The average molecular weight is 241 g/mol. The van der Waals surface area contributed by atoms with Crippen molar-refractivity contribution in [1.82, 2.24) is 10.7 Å². The molecule has 0 saturated carbocycles. The lowest BCUT2D eigenvalue weighted by Gasteiger charge is -2.21. The zero-order chi connectivity index (χ0) is 12.5. The molecule has 5 heteroatoms. The number of benzene rings is 1. The number of hydrazone groups is 1. The molecule has 1 N–H and O–H groups in total. The summed E-state index contributed by atoms with van der Waals surface area (Å²) in [6, 6.07) is 5.89. The van der Waals surface area contributed by atoms with Crippen LogP contribution in [0.25, 0.3) is 0 Å². The van der Waals surface area contributed by atoms with Crippen molar-refractivity contribution in [3.63, 3.8) is 0 Å². The number of amides is 1. The number of hydrogen-bond donors (Lipinski definition) is 1. The average Bonchev–Trinajstić information content (AvgIpc) is 2.85. The number of aliphatic imine (C=N–C) groups is 1. The van der Waals surface area contributed by atoms with E-state index in [1.165, 1.54) is 0 Å². The maximum Gasteiger partial charge on any atom is 0.240 e. The third-order valence-electron chi connectivity index (χ3n) is 3.28. The molecule has 91 valence electrons. The van der Waals surface area contributed by atoms with Crippen LogP contribution < -0.4 is 10.7 Å². The monoisotopic (exact) mass is 241 g/mol. The summed E-state index contributed by atoms with van der Waals surface area (Å²) < 4.78 is 0. The predicted octanol–water partition coefficient (Wildman–Crippen LogP) is 1.85. The van der Waals surface area contributed by atoms with Gasteiger partial charge < -0.3 is 0 Å². The summed E-state index contributed by atoms with van der Waals surface area (Å²) in [5.41, 5.74) is 6.24. The Morgan fingerprint density at radius 3 is 3.11 bits per heavy atom. The van der Waals surface area contributed by atoms with Crippen molar-refractivity contribution in [2.45, 2.75) is 19.8 Å². The molecule has 0 aliphatic carbocycles. The summed E-state index contributed by atoms with van der Waals surface area (Å²) in [5.74, 6) is 0.166. The van der Waals surface area contributed by atoms with Gasteiger partial charge in [0.2, 0.25) is 5.91 Å². The van der Waals surface area contributed by atoms with E-state index in [-0.39, 0.29) is 11.8 Å². The summed E-state index contributed by atoms with van der Waals surface area (Å²) in [6.45, 7) is 2.07. The fourth-order valence-corrected chi connectivity index (χ4v) is 2.27. The van der Waals surface area contributed by atoms with Gasteiger partial charge in [-0.1, -0.05) is 13.0 Å². The fourth-order valence-electron chi connectivity index (χ4n) is 2.27. The molecule has 18 heavy (non-hydrogen) atoms. The Morgan fingerprint density at radius 2 is 2.28 bits per heavy atom. The summed E-state index contributed by atoms with van der Waals surface area (Å²) in [6.07, 6.45) is 2.95. The largest absolute Gasteiger partial charge is 0.273 e. The summed E-state index contributed by atoms with van der Waals surface area (Å²) >= 11 is 0. The first kappa shape index (κ1) is 11.0. The van der Waals surface area contributed by atoms with Gasteiger partial charge in [0.15, 0.2) is 0 Å². The highest BCUT2D eigenvalue weighted by molar-refractivity contribution is 6.07. The third-order valence-corrected chi connectivity index (χ3v) is 3.28. The van der Waals surface area contributed by atoms with Gasteiger partial charge in [0.25, 0.3) is 0 Å². The predicted molar refractivity (Wildman–Crippen MR) is 69.5 cm³/mol.